The Bertz CT molecular complexity index is 387. The molecule has 0 radical (unpaired) electrons. The van der Waals surface area contributed by atoms with E-state index in [0.29, 0.717) is 31.3 Å². The van der Waals surface area contributed by atoms with Crippen molar-refractivity contribution in [2.75, 3.05) is 13.1 Å². The van der Waals surface area contributed by atoms with E-state index in [1.807, 2.05) is 19.4 Å². The first-order chi connectivity index (χ1) is 9.01. The molecule has 1 amide bonds. The quantitative estimate of drug-likeness (QED) is 0.740. The number of carbonyl (C=O) groups excluding carboxylic acids is 1. The third-order valence-corrected chi connectivity index (χ3v) is 3.11. The lowest BCUT2D eigenvalue weighted by molar-refractivity contribution is -0.122. The Hall–Kier alpha value is -1.36. The molecule has 0 aliphatic heterocycles. The zero-order chi connectivity index (χ0) is 14.3. The lowest BCUT2D eigenvalue weighted by atomic mass is 9.94. The van der Waals surface area contributed by atoms with Gasteiger partial charge < -0.3 is 11.1 Å². The van der Waals surface area contributed by atoms with Gasteiger partial charge in [-0.15, -0.1) is 0 Å². The summed E-state index contributed by atoms with van der Waals surface area (Å²) < 4.78 is 1.77. The van der Waals surface area contributed by atoms with Crippen molar-refractivity contribution in [1.29, 1.82) is 0 Å². The van der Waals surface area contributed by atoms with Gasteiger partial charge in [-0.2, -0.15) is 5.10 Å². The summed E-state index contributed by atoms with van der Waals surface area (Å²) in [5.41, 5.74) is 6.84. The van der Waals surface area contributed by atoms with E-state index in [9.17, 15) is 4.79 Å². The van der Waals surface area contributed by atoms with Crippen LogP contribution in [0.3, 0.4) is 0 Å². The smallest absolute Gasteiger partial charge is 0.220 e. The molecule has 1 aromatic rings. The summed E-state index contributed by atoms with van der Waals surface area (Å²) in [6.07, 6.45) is 6.15. The number of nitrogens with two attached hydrogens (primary N) is 1. The second kappa shape index (κ2) is 7.94. The van der Waals surface area contributed by atoms with Crippen molar-refractivity contribution in [1.82, 2.24) is 15.1 Å². The van der Waals surface area contributed by atoms with Crippen LogP contribution in [0.5, 0.6) is 0 Å². The Labute approximate surface area is 115 Å². The molecule has 0 fully saturated rings. The van der Waals surface area contributed by atoms with Crippen LogP contribution >= 0.6 is 0 Å². The van der Waals surface area contributed by atoms with Gasteiger partial charge in [0.2, 0.25) is 5.91 Å². The fourth-order valence-corrected chi connectivity index (χ4v) is 2.21. The Balaban J connectivity index is 2.23. The standard InChI is InChI=1S/C14H26N4O/c1-11(2)6-13(8-15)7-14(19)16-5-4-12-9-17-18(3)10-12/h9-11,13H,4-8,15H2,1-3H3,(H,16,19)/t13-/m0/s1. The van der Waals surface area contributed by atoms with Crippen molar-refractivity contribution < 1.29 is 4.79 Å². The number of nitrogens with zero attached hydrogens (tertiary/aromatic N) is 2. The van der Waals surface area contributed by atoms with Gasteiger partial charge in [0.15, 0.2) is 0 Å². The van der Waals surface area contributed by atoms with Gasteiger partial charge in [-0.05, 0) is 36.8 Å². The second-order valence-corrected chi connectivity index (χ2v) is 5.56. The summed E-state index contributed by atoms with van der Waals surface area (Å²) in [5.74, 6) is 0.968. The minimum Gasteiger partial charge on any atom is -0.356 e. The molecule has 19 heavy (non-hydrogen) atoms. The predicted molar refractivity (Wildman–Crippen MR) is 76.5 cm³/mol. The molecular weight excluding hydrogens is 240 g/mol. The van der Waals surface area contributed by atoms with Gasteiger partial charge in [0.05, 0.1) is 6.20 Å². The fraction of sp³-hybridized carbons (Fsp3) is 0.714. The van der Waals surface area contributed by atoms with E-state index in [2.05, 4.69) is 24.3 Å². The van der Waals surface area contributed by atoms with E-state index < -0.39 is 0 Å². The second-order valence-electron chi connectivity index (χ2n) is 5.56. The molecule has 0 spiro atoms. The monoisotopic (exact) mass is 266 g/mol. The Morgan fingerprint density at radius 1 is 1.53 bits per heavy atom. The molecule has 1 heterocycles. The zero-order valence-electron chi connectivity index (χ0n) is 12.2. The van der Waals surface area contributed by atoms with Crippen LogP contribution in [-0.4, -0.2) is 28.8 Å². The third kappa shape index (κ3) is 6.38. The van der Waals surface area contributed by atoms with Crippen LogP contribution in [0, 0.1) is 11.8 Å². The highest BCUT2D eigenvalue weighted by Crippen LogP contribution is 2.13. The molecule has 108 valence electrons. The number of aryl methyl sites for hydroxylation is 1. The average Bonchev–Trinajstić information content (AvgIpc) is 2.73. The van der Waals surface area contributed by atoms with Crippen molar-refractivity contribution in [3.63, 3.8) is 0 Å². The molecule has 0 aromatic carbocycles. The van der Waals surface area contributed by atoms with Crippen LogP contribution in [0.1, 0.15) is 32.3 Å². The lowest BCUT2D eigenvalue weighted by Crippen LogP contribution is -2.30. The number of amides is 1. The van der Waals surface area contributed by atoms with Crippen LogP contribution < -0.4 is 11.1 Å². The van der Waals surface area contributed by atoms with Crippen LogP contribution in [0.4, 0.5) is 0 Å². The number of rotatable bonds is 8. The minimum atomic E-state index is 0.0972. The van der Waals surface area contributed by atoms with Gasteiger partial charge in [-0.1, -0.05) is 13.8 Å². The van der Waals surface area contributed by atoms with E-state index in [1.54, 1.807) is 4.68 Å². The van der Waals surface area contributed by atoms with Crippen LogP contribution in [0.25, 0.3) is 0 Å². The number of nitrogens with one attached hydrogen (secondary N) is 1. The maximum atomic E-state index is 11.8. The van der Waals surface area contributed by atoms with Crippen molar-refractivity contribution in [3.05, 3.63) is 18.0 Å². The van der Waals surface area contributed by atoms with Gasteiger partial charge in [-0.25, -0.2) is 0 Å². The van der Waals surface area contributed by atoms with Gasteiger partial charge in [0.25, 0.3) is 0 Å². The third-order valence-electron chi connectivity index (χ3n) is 3.11. The first-order valence-electron chi connectivity index (χ1n) is 6.95. The summed E-state index contributed by atoms with van der Waals surface area (Å²) in [4.78, 5) is 11.8. The molecule has 0 unspecified atom stereocenters. The summed E-state index contributed by atoms with van der Waals surface area (Å²) in [7, 11) is 1.89. The summed E-state index contributed by atoms with van der Waals surface area (Å²) in [6.45, 7) is 5.55. The molecule has 3 N–H and O–H groups in total. The number of hydrogen-bond donors (Lipinski definition) is 2. The number of aromatic nitrogens is 2. The lowest BCUT2D eigenvalue weighted by Gasteiger charge is -2.16. The molecule has 0 bridgehead atoms. The molecule has 0 saturated carbocycles. The summed E-state index contributed by atoms with van der Waals surface area (Å²) >= 11 is 0. The minimum absolute atomic E-state index is 0.0972. The summed E-state index contributed by atoms with van der Waals surface area (Å²) in [6, 6.07) is 0. The molecule has 5 heteroatoms. The van der Waals surface area contributed by atoms with Crippen molar-refractivity contribution >= 4 is 5.91 Å². The molecule has 0 aliphatic carbocycles. The maximum Gasteiger partial charge on any atom is 0.220 e. The van der Waals surface area contributed by atoms with Gasteiger partial charge in [-0.3, -0.25) is 9.48 Å². The molecule has 0 saturated heterocycles. The highest BCUT2D eigenvalue weighted by molar-refractivity contribution is 5.76. The predicted octanol–water partition coefficient (Wildman–Crippen LogP) is 1.09. The highest BCUT2D eigenvalue weighted by atomic mass is 16.1. The number of carbonyl (C=O) groups is 1. The van der Waals surface area contributed by atoms with Gasteiger partial charge >= 0.3 is 0 Å². The zero-order valence-corrected chi connectivity index (χ0v) is 12.2. The van der Waals surface area contributed by atoms with E-state index in [1.165, 1.54) is 0 Å². The van der Waals surface area contributed by atoms with Crippen LogP contribution in [-0.2, 0) is 18.3 Å². The molecular formula is C14H26N4O. The average molecular weight is 266 g/mol. The fourth-order valence-electron chi connectivity index (χ4n) is 2.21. The molecule has 1 rings (SSSR count). The Kier molecular flexibility index (Phi) is 6.56. The molecule has 1 aromatic heterocycles. The highest BCUT2D eigenvalue weighted by Gasteiger charge is 2.13. The maximum absolute atomic E-state index is 11.8. The summed E-state index contributed by atoms with van der Waals surface area (Å²) in [5, 5.41) is 7.04. The number of hydrogen-bond acceptors (Lipinski definition) is 3. The van der Waals surface area contributed by atoms with E-state index in [0.717, 1.165) is 18.4 Å². The van der Waals surface area contributed by atoms with Gasteiger partial charge in [0, 0.05) is 26.2 Å². The van der Waals surface area contributed by atoms with Crippen LogP contribution in [0.2, 0.25) is 0 Å². The van der Waals surface area contributed by atoms with E-state index in [4.69, 9.17) is 5.73 Å². The first kappa shape index (κ1) is 15.7. The Morgan fingerprint density at radius 3 is 2.79 bits per heavy atom. The first-order valence-corrected chi connectivity index (χ1v) is 6.95. The Morgan fingerprint density at radius 2 is 2.26 bits per heavy atom. The molecule has 0 aliphatic rings. The van der Waals surface area contributed by atoms with Gasteiger partial charge in [0.1, 0.15) is 0 Å². The van der Waals surface area contributed by atoms with Crippen LogP contribution in [0.15, 0.2) is 12.4 Å². The van der Waals surface area contributed by atoms with E-state index in [-0.39, 0.29) is 5.91 Å². The van der Waals surface area contributed by atoms with Crippen molar-refractivity contribution in [3.8, 4) is 0 Å². The normalized spacial score (nSPS) is 12.7. The largest absolute Gasteiger partial charge is 0.356 e. The van der Waals surface area contributed by atoms with E-state index >= 15 is 0 Å². The van der Waals surface area contributed by atoms with Crippen molar-refractivity contribution in [2.45, 2.75) is 33.1 Å². The SMILES string of the molecule is CC(C)C[C@H](CN)CC(=O)NCCc1cnn(C)c1. The molecule has 1 atom stereocenters. The molecule has 5 nitrogen and oxygen atoms in total. The van der Waals surface area contributed by atoms with Crippen molar-refractivity contribution in [2.24, 2.45) is 24.6 Å². The topological polar surface area (TPSA) is 72.9 Å².